The van der Waals surface area contributed by atoms with Crippen molar-refractivity contribution in [1.82, 2.24) is 4.98 Å². The molecule has 0 aromatic carbocycles. The van der Waals surface area contributed by atoms with Gasteiger partial charge in [0.15, 0.2) is 0 Å². The summed E-state index contributed by atoms with van der Waals surface area (Å²) in [7, 11) is 0. The minimum atomic E-state index is -0.362. The Morgan fingerprint density at radius 2 is 2.00 bits per heavy atom. The van der Waals surface area contributed by atoms with Crippen molar-refractivity contribution in [1.29, 1.82) is 0 Å². The molecule has 5 nitrogen and oxygen atoms in total. The van der Waals surface area contributed by atoms with Gasteiger partial charge in [0.1, 0.15) is 11.6 Å². The fourth-order valence-electron chi connectivity index (χ4n) is 3.98. The highest BCUT2D eigenvalue weighted by molar-refractivity contribution is 7.17. The smallest absolute Gasteiger partial charge is 0.341 e. The van der Waals surface area contributed by atoms with Crippen LogP contribution >= 0.6 is 11.3 Å². The van der Waals surface area contributed by atoms with Crippen LogP contribution in [0.15, 0.2) is 24.4 Å². The maximum atomic E-state index is 12.8. The summed E-state index contributed by atoms with van der Waals surface area (Å²) in [5.41, 5.74) is 2.34. The predicted molar refractivity (Wildman–Crippen MR) is 105 cm³/mol. The highest BCUT2D eigenvalue weighted by atomic mass is 32.1. The van der Waals surface area contributed by atoms with Gasteiger partial charge in [0.25, 0.3) is 0 Å². The Hall–Kier alpha value is -2.21. The standard InChI is InChI=1S/C21H24N2O3S/c24-19(14-7-2-1-3-8-14)23-20-18(16-10-6-11-17(16)27-20)21(25)26-13-15-9-4-5-12-22-15/h4-5,9,12,14H,1-3,6-8,10-11,13H2,(H,23,24). The average molecular weight is 385 g/mol. The fourth-order valence-corrected chi connectivity index (χ4v) is 5.26. The molecule has 0 saturated heterocycles. The Balaban J connectivity index is 1.50. The summed E-state index contributed by atoms with van der Waals surface area (Å²) >= 11 is 1.54. The minimum Gasteiger partial charge on any atom is -0.455 e. The molecule has 1 saturated carbocycles. The number of aromatic nitrogens is 1. The highest BCUT2D eigenvalue weighted by Crippen LogP contribution is 2.40. The molecular formula is C21H24N2O3S. The molecular weight excluding hydrogens is 360 g/mol. The lowest BCUT2D eigenvalue weighted by atomic mass is 9.89. The van der Waals surface area contributed by atoms with Gasteiger partial charge in [-0.25, -0.2) is 4.79 Å². The van der Waals surface area contributed by atoms with Crippen LogP contribution in [0.3, 0.4) is 0 Å². The molecule has 1 N–H and O–H groups in total. The third-order valence-corrected chi connectivity index (χ3v) is 6.62. The number of nitrogens with one attached hydrogen (secondary N) is 1. The van der Waals surface area contributed by atoms with Gasteiger partial charge in [0.05, 0.1) is 11.3 Å². The number of pyridine rings is 1. The Morgan fingerprint density at radius 1 is 1.15 bits per heavy atom. The van der Waals surface area contributed by atoms with Crippen molar-refractivity contribution in [3.63, 3.8) is 0 Å². The second-order valence-electron chi connectivity index (χ2n) is 7.28. The van der Waals surface area contributed by atoms with Crippen LogP contribution in [-0.4, -0.2) is 16.9 Å². The van der Waals surface area contributed by atoms with E-state index < -0.39 is 0 Å². The predicted octanol–water partition coefficient (Wildman–Crippen LogP) is 4.51. The quantitative estimate of drug-likeness (QED) is 0.770. The number of hydrogen-bond acceptors (Lipinski definition) is 5. The molecule has 0 radical (unpaired) electrons. The van der Waals surface area contributed by atoms with E-state index in [9.17, 15) is 9.59 Å². The van der Waals surface area contributed by atoms with Gasteiger partial charge in [-0.1, -0.05) is 25.3 Å². The zero-order chi connectivity index (χ0) is 18.6. The van der Waals surface area contributed by atoms with Gasteiger partial charge >= 0.3 is 5.97 Å². The van der Waals surface area contributed by atoms with E-state index in [2.05, 4.69) is 10.3 Å². The molecule has 1 fully saturated rings. The minimum absolute atomic E-state index is 0.0494. The van der Waals surface area contributed by atoms with Gasteiger partial charge in [-0.3, -0.25) is 9.78 Å². The first kappa shape index (κ1) is 18.2. The fraction of sp³-hybridized carbons (Fsp3) is 0.476. The van der Waals surface area contributed by atoms with Crippen LogP contribution in [0.25, 0.3) is 0 Å². The molecule has 0 aliphatic heterocycles. The second-order valence-corrected chi connectivity index (χ2v) is 8.39. The number of esters is 1. The summed E-state index contributed by atoms with van der Waals surface area (Å²) in [6.07, 6.45) is 9.89. The lowest BCUT2D eigenvalue weighted by Gasteiger charge is -2.20. The highest BCUT2D eigenvalue weighted by Gasteiger charge is 2.30. The first-order chi connectivity index (χ1) is 13.2. The number of fused-ring (bicyclic) bond motifs is 1. The maximum absolute atomic E-state index is 12.8. The number of carbonyl (C=O) groups excluding carboxylic acids is 2. The molecule has 0 bridgehead atoms. The van der Waals surface area contributed by atoms with E-state index >= 15 is 0 Å². The number of rotatable bonds is 5. The van der Waals surface area contributed by atoms with Gasteiger partial charge in [0, 0.05) is 17.0 Å². The van der Waals surface area contributed by atoms with Crippen LogP contribution < -0.4 is 5.32 Å². The summed E-state index contributed by atoms with van der Waals surface area (Å²) in [5.74, 6) is -0.250. The van der Waals surface area contributed by atoms with Crippen LogP contribution in [0.5, 0.6) is 0 Å². The molecule has 0 atom stereocenters. The van der Waals surface area contributed by atoms with Crippen molar-refractivity contribution in [2.75, 3.05) is 5.32 Å². The van der Waals surface area contributed by atoms with Crippen LogP contribution in [0, 0.1) is 5.92 Å². The molecule has 2 aromatic heterocycles. The van der Waals surface area contributed by atoms with Crippen LogP contribution in [0.4, 0.5) is 5.00 Å². The van der Waals surface area contributed by atoms with Crippen molar-refractivity contribution in [2.24, 2.45) is 5.92 Å². The first-order valence-corrected chi connectivity index (χ1v) is 10.6. The normalized spacial score (nSPS) is 16.7. The van der Waals surface area contributed by atoms with E-state index in [1.165, 1.54) is 11.3 Å². The largest absolute Gasteiger partial charge is 0.455 e. The number of aryl methyl sites for hydroxylation is 1. The summed E-state index contributed by atoms with van der Waals surface area (Å²) in [5, 5.41) is 3.72. The van der Waals surface area contributed by atoms with Crippen molar-refractivity contribution in [2.45, 2.75) is 58.0 Å². The molecule has 4 rings (SSSR count). The van der Waals surface area contributed by atoms with E-state index in [1.54, 1.807) is 17.5 Å². The molecule has 2 heterocycles. The Kier molecular flexibility index (Phi) is 5.53. The van der Waals surface area contributed by atoms with Crippen LogP contribution in [-0.2, 0) is 29.0 Å². The number of nitrogens with zero attached hydrogens (tertiary/aromatic N) is 1. The zero-order valence-electron chi connectivity index (χ0n) is 15.3. The number of hydrogen-bond donors (Lipinski definition) is 1. The van der Waals surface area contributed by atoms with E-state index in [-0.39, 0.29) is 24.4 Å². The van der Waals surface area contributed by atoms with Gasteiger partial charge < -0.3 is 10.1 Å². The lowest BCUT2D eigenvalue weighted by molar-refractivity contribution is -0.120. The summed E-state index contributed by atoms with van der Waals surface area (Å²) in [6, 6.07) is 5.53. The van der Waals surface area contributed by atoms with Crippen molar-refractivity contribution in [3.8, 4) is 0 Å². The average Bonchev–Trinajstić information content (AvgIpc) is 3.28. The molecule has 1 amide bonds. The Morgan fingerprint density at radius 3 is 2.78 bits per heavy atom. The maximum Gasteiger partial charge on any atom is 0.341 e. The van der Waals surface area contributed by atoms with Gasteiger partial charge in [-0.05, 0) is 49.8 Å². The van der Waals surface area contributed by atoms with Crippen molar-refractivity contribution >= 4 is 28.2 Å². The molecule has 2 aromatic rings. The molecule has 142 valence electrons. The molecule has 27 heavy (non-hydrogen) atoms. The SMILES string of the molecule is O=C(OCc1ccccn1)c1c(NC(=O)C2CCCCC2)sc2c1CCC2. The summed E-state index contributed by atoms with van der Waals surface area (Å²) in [6.45, 7) is 0.139. The Labute approximate surface area is 163 Å². The van der Waals surface area contributed by atoms with Crippen molar-refractivity contribution in [3.05, 3.63) is 46.1 Å². The first-order valence-electron chi connectivity index (χ1n) is 9.75. The zero-order valence-corrected chi connectivity index (χ0v) is 16.1. The molecule has 2 aliphatic carbocycles. The summed E-state index contributed by atoms with van der Waals surface area (Å²) < 4.78 is 5.52. The van der Waals surface area contributed by atoms with Gasteiger partial charge in [-0.15, -0.1) is 11.3 Å². The van der Waals surface area contributed by atoms with Crippen LogP contribution in [0.1, 0.15) is 65.0 Å². The number of ether oxygens (including phenoxy) is 1. The topological polar surface area (TPSA) is 68.3 Å². The van der Waals surface area contributed by atoms with E-state index in [4.69, 9.17) is 4.74 Å². The molecule has 0 unspecified atom stereocenters. The number of anilines is 1. The monoisotopic (exact) mass is 384 g/mol. The van der Waals surface area contributed by atoms with Gasteiger partial charge in [-0.2, -0.15) is 0 Å². The van der Waals surface area contributed by atoms with E-state index in [0.29, 0.717) is 16.3 Å². The van der Waals surface area contributed by atoms with E-state index in [1.807, 2.05) is 18.2 Å². The summed E-state index contributed by atoms with van der Waals surface area (Å²) in [4.78, 5) is 30.9. The Bertz CT molecular complexity index is 825. The van der Waals surface area contributed by atoms with Crippen LogP contribution in [0.2, 0.25) is 0 Å². The second kappa shape index (κ2) is 8.21. The van der Waals surface area contributed by atoms with E-state index in [0.717, 1.165) is 50.5 Å². The third kappa shape index (κ3) is 4.05. The molecule has 6 heteroatoms. The molecule has 2 aliphatic rings. The number of carbonyl (C=O) groups is 2. The number of amides is 1. The van der Waals surface area contributed by atoms with Gasteiger partial charge in [0.2, 0.25) is 5.91 Å². The lowest BCUT2D eigenvalue weighted by Crippen LogP contribution is -2.25. The number of thiophene rings is 1. The molecule has 0 spiro atoms. The van der Waals surface area contributed by atoms with Crippen molar-refractivity contribution < 1.29 is 14.3 Å². The third-order valence-electron chi connectivity index (χ3n) is 5.42.